The highest BCUT2D eigenvalue weighted by Crippen LogP contribution is 2.03. The zero-order valence-corrected chi connectivity index (χ0v) is 7.22. The minimum absolute atomic E-state index is 0.0260. The van der Waals surface area contributed by atoms with E-state index in [2.05, 4.69) is 4.74 Å². The zero-order valence-electron chi connectivity index (χ0n) is 7.22. The van der Waals surface area contributed by atoms with Crippen molar-refractivity contribution in [3.8, 4) is 0 Å². The summed E-state index contributed by atoms with van der Waals surface area (Å²) in [6.45, 7) is 5.32. The van der Waals surface area contributed by atoms with Crippen molar-refractivity contribution in [3.63, 3.8) is 0 Å². The summed E-state index contributed by atoms with van der Waals surface area (Å²) in [4.78, 5) is 21.5. The van der Waals surface area contributed by atoms with Crippen LogP contribution in [0.1, 0.15) is 27.2 Å². The average molecular weight is 158 g/mol. The van der Waals surface area contributed by atoms with E-state index in [1.165, 1.54) is 6.92 Å². The maximum Gasteiger partial charge on any atom is 0.306 e. The predicted molar refractivity (Wildman–Crippen MR) is 41.1 cm³/mol. The largest absolute Gasteiger partial charge is 0.466 e. The fourth-order valence-corrected chi connectivity index (χ4v) is 0.614. The second-order valence-corrected chi connectivity index (χ2v) is 2.52. The Labute approximate surface area is 66.7 Å². The third kappa shape index (κ3) is 4.53. The summed E-state index contributed by atoms with van der Waals surface area (Å²) >= 11 is 0. The monoisotopic (exact) mass is 158 g/mol. The topological polar surface area (TPSA) is 43.4 Å². The van der Waals surface area contributed by atoms with Crippen LogP contribution in [-0.4, -0.2) is 18.4 Å². The molecule has 0 rings (SSSR count). The highest BCUT2D eigenvalue weighted by molar-refractivity contribution is 5.83. The summed E-state index contributed by atoms with van der Waals surface area (Å²) in [7, 11) is 0. The Morgan fingerprint density at radius 2 is 2.00 bits per heavy atom. The predicted octanol–water partition coefficient (Wildman–Crippen LogP) is 1.16. The number of hydrogen-bond donors (Lipinski definition) is 0. The third-order valence-corrected chi connectivity index (χ3v) is 1.47. The molecular weight excluding hydrogens is 144 g/mol. The number of rotatable bonds is 4. The van der Waals surface area contributed by atoms with Gasteiger partial charge in [-0.15, -0.1) is 0 Å². The van der Waals surface area contributed by atoms with Gasteiger partial charge in [-0.05, 0) is 13.8 Å². The van der Waals surface area contributed by atoms with Crippen LogP contribution in [0.5, 0.6) is 0 Å². The van der Waals surface area contributed by atoms with Crippen LogP contribution in [0.25, 0.3) is 0 Å². The van der Waals surface area contributed by atoms with Crippen LogP contribution in [0.4, 0.5) is 0 Å². The van der Waals surface area contributed by atoms with Crippen LogP contribution in [0, 0.1) is 5.92 Å². The fraction of sp³-hybridized carbons (Fsp3) is 0.750. The van der Waals surface area contributed by atoms with Crippen molar-refractivity contribution >= 4 is 11.8 Å². The van der Waals surface area contributed by atoms with E-state index >= 15 is 0 Å². The van der Waals surface area contributed by atoms with Crippen molar-refractivity contribution in [1.82, 2.24) is 0 Å². The quantitative estimate of drug-likeness (QED) is 0.577. The molecule has 1 atom stereocenters. The van der Waals surface area contributed by atoms with Gasteiger partial charge in [-0.25, -0.2) is 0 Å². The van der Waals surface area contributed by atoms with E-state index in [0.29, 0.717) is 6.61 Å². The molecule has 0 saturated heterocycles. The molecule has 0 bridgehead atoms. The van der Waals surface area contributed by atoms with Gasteiger partial charge in [0.2, 0.25) is 0 Å². The Kier molecular flexibility index (Phi) is 4.50. The van der Waals surface area contributed by atoms with Crippen LogP contribution in [0.2, 0.25) is 0 Å². The van der Waals surface area contributed by atoms with E-state index in [9.17, 15) is 9.59 Å². The Balaban J connectivity index is 3.66. The molecule has 3 nitrogen and oxygen atoms in total. The lowest BCUT2D eigenvalue weighted by Gasteiger charge is -2.05. The second kappa shape index (κ2) is 4.88. The number of ether oxygens (including phenoxy) is 1. The Morgan fingerprint density at radius 3 is 2.36 bits per heavy atom. The first-order chi connectivity index (χ1) is 5.07. The molecule has 0 aromatic carbocycles. The summed E-state index contributed by atoms with van der Waals surface area (Å²) in [6.07, 6.45) is 0.198. The summed E-state index contributed by atoms with van der Waals surface area (Å²) < 4.78 is 4.67. The Hall–Kier alpha value is -0.860. The number of carbonyl (C=O) groups is 2. The highest BCUT2D eigenvalue weighted by atomic mass is 16.5. The van der Waals surface area contributed by atoms with E-state index < -0.39 is 0 Å². The van der Waals surface area contributed by atoms with Gasteiger partial charge < -0.3 is 4.74 Å². The maximum absolute atomic E-state index is 10.8. The van der Waals surface area contributed by atoms with Gasteiger partial charge in [0.25, 0.3) is 0 Å². The summed E-state index contributed by atoms with van der Waals surface area (Å²) in [6, 6.07) is 0. The normalized spacial score (nSPS) is 12.3. The van der Waals surface area contributed by atoms with E-state index in [-0.39, 0.29) is 24.1 Å². The van der Waals surface area contributed by atoms with Crippen molar-refractivity contribution < 1.29 is 14.3 Å². The molecule has 0 heterocycles. The summed E-state index contributed by atoms with van der Waals surface area (Å²) in [5.41, 5.74) is 0. The zero-order chi connectivity index (χ0) is 8.85. The highest BCUT2D eigenvalue weighted by Gasteiger charge is 2.13. The van der Waals surface area contributed by atoms with Crippen molar-refractivity contribution in [2.45, 2.75) is 27.2 Å². The van der Waals surface area contributed by atoms with E-state index in [1.54, 1.807) is 13.8 Å². The molecule has 64 valence electrons. The van der Waals surface area contributed by atoms with Gasteiger partial charge in [0.05, 0.1) is 13.0 Å². The van der Waals surface area contributed by atoms with Crippen molar-refractivity contribution in [2.75, 3.05) is 6.61 Å². The molecule has 0 aromatic rings. The fourth-order valence-electron chi connectivity index (χ4n) is 0.614. The van der Waals surface area contributed by atoms with E-state index in [0.717, 1.165) is 0 Å². The lowest BCUT2D eigenvalue weighted by atomic mass is 10.0. The van der Waals surface area contributed by atoms with Crippen molar-refractivity contribution in [3.05, 3.63) is 0 Å². The van der Waals surface area contributed by atoms with E-state index in [4.69, 9.17) is 0 Å². The van der Waals surface area contributed by atoms with Crippen LogP contribution in [-0.2, 0) is 14.3 Å². The van der Waals surface area contributed by atoms with Gasteiger partial charge >= 0.3 is 5.97 Å². The molecule has 0 amide bonds. The molecule has 0 saturated carbocycles. The smallest absolute Gasteiger partial charge is 0.306 e. The first-order valence-corrected chi connectivity index (χ1v) is 3.74. The molecule has 0 aliphatic heterocycles. The average Bonchev–Trinajstić information content (AvgIpc) is 1.87. The van der Waals surface area contributed by atoms with Gasteiger partial charge in [-0.2, -0.15) is 0 Å². The summed E-state index contributed by atoms with van der Waals surface area (Å²) in [5, 5.41) is 0. The molecule has 0 aromatic heterocycles. The second-order valence-electron chi connectivity index (χ2n) is 2.52. The molecule has 11 heavy (non-hydrogen) atoms. The number of ketones is 1. The molecule has 0 aliphatic rings. The van der Waals surface area contributed by atoms with Crippen LogP contribution >= 0.6 is 0 Å². The first-order valence-electron chi connectivity index (χ1n) is 3.74. The van der Waals surface area contributed by atoms with Crippen LogP contribution in [0.15, 0.2) is 0 Å². The van der Waals surface area contributed by atoms with Crippen molar-refractivity contribution in [1.29, 1.82) is 0 Å². The molecule has 0 N–H and O–H groups in total. The SMILES string of the molecule is CCOC(=O)C[C@@H](C)C(C)=O. The number of carbonyl (C=O) groups excluding carboxylic acids is 2. The molecule has 0 unspecified atom stereocenters. The third-order valence-electron chi connectivity index (χ3n) is 1.47. The van der Waals surface area contributed by atoms with Crippen LogP contribution in [0.3, 0.4) is 0 Å². The lowest BCUT2D eigenvalue weighted by Crippen LogP contribution is -2.14. The molecular formula is C8H14O3. The maximum atomic E-state index is 10.8. The molecule has 3 heteroatoms. The van der Waals surface area contributed by atoms with Gasteiger partial charge in [-0.1, -0.05) is 6.92 Å². The van der Waals surface area contributed by atoms with E-state index in [1.807, 2.05) is 0 Å². The number of Topliss-reactive ketones (excluding diaryl/α,β-unsaturated/α-hetero) is 1. The Bertz CT molecular complexity index is 151. The number of esters is 1. The molecule has 0 fully saturated rings. The van der Waals surface area contributed by atoms with Gasteiger partial charge in [0.15, 0.2) is 0 Å². The minimum Gasteiger partial charge on any atom is -0.466 e. The molecule has 0 aliphatic carbocycles. The molecule has 0 spiro atoms. The minimum atomic E-state index is -0.296. The number of hydrogen-bond acceptors (Lipinski definition) is 3. The van der Waals surface area contributed by atoms with Gasteiger partial charge in [0.1, 0.15) is 5.78 Å². The van der Waals surface area contributed by atoms with Gasteiger partial charge in [-0.3, -0.25) is 9.59 Å². The Morgan fingerprint density at radius 1 is 1.45 bits per heavy atom. The van der Waals surface area contributed by atoms with Crippen LogP contribution < -0.4 is 0 Å². The standard InChI is InChI=1S/C8H14O3/c1-4-11-8(10)5-6(2)7(3)9/h6H,4-5H2,1-3H3/t6-/m1/s1. The van der Waals surface area contributed by atoms with Crippen molar-refractivity contribution in [2.24, 2.45) is 5.92 Å². The molecule has 0 radical (unpaired) electrons. The first kappa shape index (κ1) is 10.1. The van der Waals surface area contributed by atoms with Gasteiger partial charge in [0, 0.05) is 5.92 Å². The summed E-state index contributed by atoms with van der Waals surface area (Å²) in [5.74, 6) is -0.484. The lowest BCUT2D eigenvalue weighted by molar-refractivity contribution is -0.145.